The summed E-state index contributed by atoms with van der Waals surface area (Å²) in [6.07, 6.45) is 1.93. The molecular weight excluding hydrogens is 304 g/mol. The van der Waals surface area contributed by atoms with Crippen molar-refractivity contribution in [3.8, 4) is 0 Å². The zero-order valence-corrected chi connectivity index (χ0v) is 14.2. The molecule has 2 heteroatoms. The van der Waals surface area contributed by atoms with Crippen molar-refractivity contribution >= 4 is 54.1 Å². The van der Waals surface area contributed by atoms with Gasteiger partial charge < -0.3 is 4.57 Å². The molecule has 0 spiro atoms. The Labute approximate surface area is 144 Å². The van der Waals surface area contributed by atoms with E-state index in [1.54, 1.807) is 0 Å². The second-order valence-corrected chi connectivity index (χ2v) is 6.98. The van der Waals surface area contributed by atoms with Crippen LogP contribution in [0.5, 0.6) is 0 Å². The second-order valence-electron chi connectivity index (χ2n) is 6.98. The van der Waals surface area contributed by atoms with Gasteiger partial charge in [-0.15, -0.1) is 0 Å². The van der Waals surface area contributed by atoms with Gasteiger partial charge in [-0.05, 0) is 52.7 Å². The van der Waals surface area contributed by atoms with E-state index < -0.39 is 0 Å². The van der Waals surface area contributed by atoms with E-state index in [1.165, 1.54) is 54.3 Å². The molecule has 25 heavy (non-hydrogen) atoms. The number of hydrogen-bond donors (Lipinski definition) is 0. The summed E-state index contributed by atoms with van der Waals surface area (Å²) in [5.41, 5.74) is 3.71. The molecule has 0 bridgehead atoms. The molecule has 0 aliphatic heterocycles. The summed E-state index contributed by atoms with van der Waals surface area (Å²) >= 11 is 0. The van der Waals surface area contributed by atoms with Crippen LogP contribution in [0.1, 0.15) is 5.69 Å². The molecule has 0 aliphatic rings. The van der Waals surface area contributed by atoms with Gasteiger partial charge in [0.1, 0.15) is 0 Å². The molecule has 0 N–H and O–H groups in total. The molecule has 0 radical (unpaired) electrons. The molecule has 0 saturated carbocycles. The summed E-state index contributed by atoms with van der Waals surface area (Å²) in [4.78, 5) is 4.80. The molecule has 6 rings (SSSR count). The SMILES string of the molecule is Cc1c2c3cc4ccccc4cc3c3nccc4ccc(c2c43)n1C. The summed E-state index contributed by atoms with van der Waals surface area (Å²) in [5.74, 6) is 0. The van der Waals surface area contributed by atoms with E-state index >= 15 is 0 Å². The average Bonchev–Trinajstić information content (AvgIpc) is 2.91. The number of hydrogen-bond acceptors (Lipinski definition) is 1. The van der Waals surface area contributed by atoms with Crippen LogP contribution in [-0.2, 0) is 7.05 Å². The van der Waals surface area contributed by atoms with Crippen molar-refractivity contribution in [1.82, 2.24) is 9.55 Å². The summed E-state index contributed by atoms with van der Waals surface area (Å²) in [6.45, 7) is 2.22. The Balaban J connectivity index is 2.08. The maximum atomic E-state index is 4.80. The minimum atomic E-state index is 1.11. The lowest BCUT2D eigenvalue weighted by atomic mass is 9.93. The van der Waals surface area contributed by atoms with Gasteiger partial charge in [-0.2, -0.15) is 0 Å². The third kappa shape index (κ3) is 1.48. The molecule has 118 valence electrons. The van der Waals surface area contributed by atoms with E-state index in [4.69, 9.17) is 4.98 Å². The molecule has 0 atom stereocenters. The van der Waals surface area contributed by atoms with Gasteiger partial charge in [0.15, 0.2) is 0 Å². The standard InChI is InChI=1S/C23H16N2/c1-13-20-17-11-15-5-3-4-6-16(15)12-18(17)23-21-14(9-10-24-23)7-8-19(22(20)21)25(13)2/h3-12H,1-2H3. The fourth-order valence-electron chi connectivity index (χ4n) is 4.50. The largest absolute Gasteiger partial charge is 0.347 e. The highest BCUT2D eigenvalue weighted by Crippen LogP contribution is 2.43. The topological polar surface area (TPSA) is 17.8 Å². The lowest BCUT2D eigenvalue weighted by molar-refractivity contribution is 0.925. The van der Waals surface area contributed by atoms with Gasteiger partial charge in [0, 0.05) is 46.0 Å². The Bertz CT molecular complexity index is 1450. The normalized spacial score (nSPS) is 12.4. The molecule has 6 aromatic rings. The Morgan fingerprint density at radius 1 is 0.760 bits per heavy atom. The minimum absolute atomic E-state index is 1.11. The quantitative estimate of drug-likeness (QED) is 0.250. The predicted octanol–water partition coefficient (Wildman–Crippen LogP) is 5.93. The van der Waals surface area contributed by atoms with Gasteiger partial charge in [0.2, 0.25) is 0 Å². The van der Waals surface area contributed by atoms with Crippen LogP contribution in [0.2, 0.25) is 0 Å². The van der Waals surface area contributed by atoms with Crippen LogP contribution in [0.15, 0.2) is 60.8 Å². The van der Waals surface area contributed by atoms with Crippen molar-refractivity contribution in [3.05, 3.63) is 66.5 Å². The summed E-state index contributed by atoms with van der Waals surface area (Å²) in [7, 11) is 2.16. The Morgan fingerprint density at radius 2 is 1.52 bits per heavy atom. The average molecular weight is 320 g/mol. The van der Waals surface area contributed by atoms with E-state index in [0.29, 0.717) is 0 Å². The van der Waals surface area contributed by atoms with Gasteiger partial charge in [0.05, 0.1) is 5.52 Å². The molecule has 0 saturated heterocycles. The van der Waals surface area contributed by atoms with E-state index in [2.05, 4.69) is 73.1 Å². The highest BCUT2D eigenvalue weighted by Gasteiger charge is 2.19. The number of rotatable bonds is 0. The van der Waals surface area contributed by atoms with E-state index in [-0.39, 0.29) is 0 Å². The van der Waals surface area contributed by atoms with Crippen LogP contribution < -0.4 is 0 Å². The highest BCUT2D eigenvalue weighted by molar-refractivity contribution is 6.34. The van der Waals surface area contributed by atoms with Crippen LogP contribution >= 0.6 is 0 Å². The maximum Gasteiger partial charge on any atom is 0.0793 e. The van der Waals surface area contributed by atoms with Crippen LogP contribution in [0, 0.1) is 6.92 Å². The summed E-state index contributed by atoms with van der Waals surface area (Å²) in [6, 6.07) is 19.8. The molecule has 4 aromatic carbocycles. The Hall–Kier alpha value is -3.13. The molecule has 0 amide bonds. The highest BCUT2D eigenvalue weighted by atomic mass is 14.9. The fourth-order valence-corrected chi connectivity index (χ4v) is 4.50. The third-order valence-electron chi connectivity index (χ3n) is 5.80. The van der Waals surface area contributed by atoms with Crippen molar-refractivity contribution < 1.29 is 0 Å². The van der Waals surface area contributed by atoms with Crippen molar-refractivity contribution in [2.75, 3.05) is 0 Å². The smallest absolute Gasteiger partial charge is 0.0793 e. The zero-order valence-electron chi connectivity index (χ0n) is 14.2. The molecular formula is C23H16N2. The first kappa shape index (κ1) is 13.2. The van der Waals surface area contributed by atoms with Gasteiger partial charge in [-0.25, -0.2) is 0 Å². The second kappa shape index (κ2) is 4.28. The molecule has 2 nitrogen and oxygen atoms in total. The van der Waals surface area contributed by atoms with Crippen LogP contribution in [0.4, 0.5) is 0 Å². The number of aryl methyl sites for hydroxylation is 2. The number of aromatic nitrogens is 2. The van der Waals surface area contributed by atoms with Gasteiger partial charge in [-0.1, -0.05) is 30.3 Å². The van der Waals surface area contributed by atoms with Crippen LogP contribution in [0.25, 0.3) is 54.1 Å². The monoisotopic (exact) mass is 320 g/mol. The van der Waals surface area contributed by atoms with E-state index in [0.717, 1.165) is 5.52 Å². The van der Waals surface area contributed by atoms with Crippen LogP contribution in [0.3, 0.4) is 0 Å². The van der Waals surface area contributed by atoms with Crippen molar-refractivity contribution in [3.63, 3.8) is 0 Å². The maximum absolute atomic E-state index is 4.80. The van der Waals surface area contributed by atoms with Gasteiger partial charge >= 0.3 is 0 Å². The molecule has 0 aliphatic carbocycles. The first-order valence-corrected chi connectivity index (χ1v) is 8.64. The van der Waals surface area contributed by atoms with Gasteiger partial charge in [-0.3, -0.25) is 4.98 Å². The number of fused-ring (bicyclic) bond motifs is 4. The Kier molecular flexibility index (Phi) is 2.26. The fraction of sp³-hybridized carbons (Fsp3) is 0.0870. The Morgan fingerprint density at radius 3 is 2.32 bits per heavy atom. The zero-order chi connectivity index (χ0) is 16.7. The first-order chi connectivity index (χ1) is 12.2. The molecule has 0 fully saturated rings. The minimum Gasteiger partial charge on any atom is -0.347 e. The molecule has 2 aromatic heterocycles. The molecule has 0 unspecified atom stereocenters. The number of nitrogens with zero attached hydrogens (tertiary/aromatic N) is 2. The summed E-state index contributed by atoms with van der Waals surface area (Å²) < 4.78 is 2.31. The van der Waals surface area contributed by atoms with Crippen molar-refractivity contribution in [1.29, 1.82) is 0 Å². The van der Waals surface area contributed by atoms with Crippen molar-refractivity contribution in [2.45, 2.75) is 6.92 Å². The predicted molar refractivity (Wildman–Crippen MR) is 107 cm³/mol. The van der Waals surface area contributed by atoms with E-state index in [1.807, 2.05) is 6.20 Å². The van der Waals surface area contributed by atoms with Gasteiger partial charge in [0.25, 0.3) is 0 Å². The van der Waals surface area contributed by atoms with Crippen molar-refractivity contribution in [2.24, 2.45) is 7.05 Å². The third-order valence-corrected chi connectivity index (χ3v) is 5.80. The van der Waals surface area contributed by atoms with E-state index in [9.17, 15) is 0 Å². The number of benzene rings is 4. The summed E-state index contributed by atoms with van der Waals surface area (Å²) in [5, 5.41) is 10.4. The lowest BCUT2D eigenvalue weighted by Gasteiger charge is -2.11. The lowest BCUT2D eigenvalue weighted by Crippen LogP contribution is -1.89. The number of pyridine rings is 1. The molecule has 2 heterocycles. The van der Waals surface area contributed by atoms with Crippen LogP contribution in [-0.4, -0.2) is 9.55 Å². The first-order valence-electron chi connectivity index (χ1n) is 8.64.